The minimum atomic E-state index is -0.512. The SMILES string of the molecule is COc1ccc(C(=O)Nc2cc(C(=O)N3CCCC3)cn(C)c2=O)c(OC)c1. The Morgan fingerprint density at radius 1 is 1.07 bits per heavy atom. The van der Waals surface area contributed by atoms with Gasteiger partial charge in [0, 0.05) is 32.4 Å². The van der Waals surface area contributed by atoms with Gasteiger partial charge in [0.1, 0.15) is 17.2 Å². The van der Waals surface area contributed by atoms with Crippen LogP contribution in [-0.4, -0.2) is 48.6 Å². The number of carbonyl (C=O) groups excluding carboxylic acids is 2. The number of amides is 2. The second kappa shape index (κ2) is 8.16. The molecule has 1 fully saturated rings. The molecule has 0 radical (unpaired) electrons. The minimum Gasteiger partial charge on any atom is -0.497 e. The normalized spacial score (nSPS) is 13.3. The summed E-state index contributed by atoms with van der Waals surface area (Å²) in [6, 6.07) is 6.19. The topological polar surface area (TPSA) is 89.9 Å². The maximum atomic E-state index is 12.7. The molecule has 2 heterocycles. The summed E-state index contributed by atoms with van der Waals surface area (Å²) < 4.78 is 11.7. The number of ether oxygens (including phenoxy) is 2. The highest BCUT2D eigenvalue weighted by Crippen LogP contribution is 2.25. The van der Waals surface area contributed by atoms with Gasteiger partial charge >= 0.3 is 0 Å². The lowest BCUT2D eigenvalue weighted by Gasteiger charge is -2.17. The predicted molar refractivity (Wildman–Crippen MR) is 104 cm³/mol. The summed E-state index contributed by atoms with van der Waals surface area (Å²) in [5.41, 5.74) is 0.247. The molecule has 1 aromatic carbocycles. The van der Waals surface area contributed by atoms with E-state index >= 15 is 0 Å². The van der Waals surface area contributed by atoms with Crippen LogP contribution in [0.5, 0.6) is 11.5 Å². The second-order valence-corrected chi connectivity index (χ2v) is 6.58. The Bertz CT molecular complexity index is 961. The lowest BCUT2D eigenvalue weighted by atomic mass is 10.1. The quantitative estimate of drug-likeness (QED) is 0.849. The first-order chi connectivity index (χ1) is 13.4. The van der Waals surface area contributed by atoms with E-state index in [0.717, 1.165) is 12.8 Å². The van der Waals surface area contributed by atoms with Crippen molar-refractivity contribution in [3.63, 3.8) is 0 Å². The van der Waals surface area contributed by atoms with Crippen LogP contribution in [0.3, 0.4) is 0 Å². The fraction of sp³-hybridized carbons (Fsp3) is 0.350. The molecule has 1 aliphatic heterocycles. The zero-order valence-corrected chi connectivity index (χ0v) is 16.2. The number of aromatic nitrogens is 1. The fourth-order valence-corrected chi connectivity index (χ4v) is 3.20. The van der Waals surface area contributed by atoms with Gasteiger partial charge < -0.3 is 24.3 Å². The maximum Gasteiger partial charge on any atom is 0.274 e. The second-order valence-electron chi connectivity index (χ2n) is 6.58. The summed E-state index contributed by atoms with van der Waals surface area (Å²) in [6.45, 7) is 1.40. The third-order valence-corrected chi connectivity index (χ3v) is 4.73. The third-order valence-electron chi connectivity index (χ3n) is 4.73. The molecule has 1 N–H and O–H groups in total. The molecule has 0 saturated carbocycles. The largest absolute Gasteiger partial charge is 0.497 e. The van der Waals surface area contributed by atoms with E-state index < -0.39 is 11.5 Å². The molecule has 0 atom stereocenters. The summed E-state index contributed by atoms with van der Waals surface area (Å²) in [5.74, 6) is 0.202. The number of rotatable bonds is 5. The number of aryl methyl sites for hydroxylation is 1. The Labute approximate surface area is 162 Å². The molecular weight excluding hydrogens is 362 g/mol. The minimum absolute atomic E-state index is 0.0374. The van der Waals surface area contributed by atoms with E-state index in [1.54, 1.807) is 30.1 Å². The van der Waals surface area contributed by atoms with E-state index in [2.05, 4.69) is 5.32 Å². The van der Waals surface area contributed by atoms with Crippen molar-refractivity contribution in [1.29, 1.82) is 0 Å². The first kappa shape index (κ1) is 19.5. The van der Waals surface area contributed by atoms with Crippen LogP contribution in [0.2, 0.25) is 0 Å². The van der Waals surface area contributed by atoms with Gasteiger partial charge in [-0.25, -0.2) is 0 Å². The first-order valence-electron chi connectivity index (χ1n) is 8.98. The molecule has 2 aromatic rings. The zero-order chi connectivity index (χ0) is 20.3. The van der Waals surface area contributed by atoms with Gasteiger partial charge in [-0.15, -0.1) is 0 Å². The van der Waals surface area contributed by atoms with E-state index in [-0.39, 0.29) is 17.2 Å². The zero-order valence-electron chi connectivity index (χ0n) is 16.2. The number of carbonyl (C=O) groups is 2. The molecule has 28 heavy (non-hydrogen) atoms. The molecule has 0 bridgehead atoms. The van der Waals surface area contributed by atoms with Crippen LogP contribution in [-0.2, 0) is 7.05 Å². The lowest BCUT2D eigenvalue weighted by molar-refractivity contribution is 0.0791. The van der Waals surface area contributed by atoms with E-state index in [1.807, 2.05) is 0 Å². The number of likely N-dealkylation sites (tertiary alicyclic amines) is 1. The number of anilines is 1. The van der Waals surface area contributed by atoms with Crippen LogP contribution >= 0.6 is 0 Å². The van der Waals surface area contributed by atoms with E-state index in [4.69, 9.17) is 9.47 Å². The highest BCUT2D eigenvalue weighted by molar-refractivity contribution is 6.06. The van der Waals surface area contributed by atoms with Gasteiger partial charge in [-0.2, -0.15) is 0 Å². The van der Waals surface area contributed by atoms with Crippen molar-refractivity contribution < 1.29 is 19.1 Å². The van der Waals surface area contributed by atoms with E-state index in [9.17, 15) is 14.4 Å². The van der Waals surface area contributed by atoms with Gasteiger partial charge in [-0.05, 0) is 31.0 Å². The highest BCUT2D eigenvalue weighted by atomic mass is 16.5. The predicted octanol–water partition coefficient (Wildman–Crippen LogP) is 1.89. The molecule has 0 aliphatic carbocycles. The number of methoxy groups -OCH3 is 2. The molecule has 8 heteroatoms. The molecule has 148 valence electrons. The van der Waals surface area contributed by atoms with Gasteiger partial charge in [-0.3, -0.25) is 14.4 Å². The number of hydrogen-bond donors (Lipinski definition) is 1. The monoisotopic (exact) mass is 385 g/mol. The van der Waals surface area contributed by atoms with Gasteiger partial charge in [0.2, 0.25) is 0 Å². The molecular formula is C20H23N3O5. The molecule has 1 aromatic heterocycles. The number of benzene rings is 1. The smallest absolute Gasteiger partial charge is 0.274 e. The van der Waals surface area contributed by atoms with Crippen molar-refractivity contribution in [1.82, 2.24) is 9.47 Å². The lowest BCUT2D eigenvalue weighted by Crippen LogP contribution is -2.31. The Morgan fingerprint density at radius 2 is 1.79 bits per heavy atom. The Hall–Kier alpha value is -3.29. The average Bonchev–Trinajstić information content (AvgIpc) is 3.24. The van der Waals surface area contributed by atoms with Crippen molar-refractivity contribution >= 4 is 17.5 Å². The Balaban J connectivity index is 1.90. The number of nitrogens with zero attached hydrogens (tertiary/aromatic N) is 2. The van der Waals surface area contributed by atoms with Gasteiger partial charge in [0.15, 0.2) is 0 Å². The summed E-state index contributed by atoms with van der Waals surface area (Å²) >= 11 is 0. The summed E-state index contributed by atoms with van der Waals surface area (Å²) in [6.07, 6.45) is 3.43. The standard InChI is InChI=1S/C20H23N3O5/c1-22-12-13(19(25)23-8-4-5-9-23)10-16(20(22)26)21-18(24)15-7-6-14(27-2)11-17(15)28-3/h6-7,10-12H,4-5,8-9H2,1-3H3,(H,21,24). The Morgan fingerprint density at radius 3 is 2.43 bits per heavy atom. The first-order valence-corrected chi connectivity index (χ1v) is 8.98. The van der Waals surface area contributed by atoms with Crippen molar-refractivity contribution in [3.8, 4) is 11.5 Å². The van der Waals surface area contributed by atoms with Crippen LogP contribution in [0.15, 0.2) is 35.3 Å². The summed E-state index contributed by atoms with van der Waals surface area (Å²) in [5, 5.41) is 2.60. The molecule has 8 nitrogen and oxygen atoms in total. The van der Waals surface area contributed by atoms with Gasteiger partial charge in [-0.1, -0.05) is 0 Å². The third kappa shape index (κ3) is 3.85. The van der Waals surface area contributed by atoms with E-state index in [1.165, 1.54) is 31.0 Å². The molecule has 2 amide bonds. The number of nitrogens with one attached hydrogen (secondary N) is 1. The molecule has 1 aliphatic rings. The summed E-state index contributed by atoms with van der Waals surface area (Å²) in [4.78, 5) is 39.6. The van der Waals surface area contributed by atoms with Crippen LogP contribution in [0, 0.1) is 0 Å². The van der Waals surface area contributed by atoms with Crippen molar-refractivity contribution in [3.05, 3.63) is 51.9 Å². The van der Waals surface area contributed by atoms with Crippen LogP contribution in [0.4, 0.5) is 5.69 Å². The summed E-state index contributed by atoms with van der Waals surface area (Å²) in [7, 11) is 4.51. The van der Waals surface area contributed by atoms with Crippen LogP contribution < -0.4 is 20.3 Å². The number of pyridine rings is 1. The molecule has 0 unspecified atom stereocenters. The van der Waals surface area contributed by atoms with Crippen molar-refractivity contribution in [2.24, 2.45) is 7.05 Å². The average molecular weight is 385 g/mol. The van der Waals surface area contributed by atoms with Gasteiger partial charge in [0.25, 0.3) is 17.4 Å². The molecule has 3 rings (SSSR count). The number of hydrogen-bond acceptors (Lipinski definition) is 5. The van der Waals surface area contributed by atoms with Crippen LogP contribution in [0.1, 0.15) is 33.6 Å². The van der Waals surface area contributed by atoms with Crippen LogP contribution in [0.25, 0.3) is 0 Å². The van der Waals surface area contributed by atoms with Crippen molar-refractivity contribution in [2.45, 2.75) is 12.8 Å². The van der Waals surface area contributed by atoms with E-state index in [0.29, 0.717) is 30.2 Å². The maximum absolute atomic E-state index is 12.7. The van der Waals surface area contributed by atoms with Crippen molar-refractivity contribution in [2.75, 3.05) is 32.6 Å². The van der Waals surface area contributed by atoms with Gasteiger partial charge in [0.05, 0.1) is 25.3 Å². The fourth-order valence-electron chi connectivity index (χ4n) is 3.20. The molecule has 0 spiro atoms. The highest BCUT2D eigenvalue weighted by Gasteiger charge is 2.22. The molecule has 1 saturated heterocycles. The Kier molecular flexibility index (Phi) is 5.67.